The number of carbonyl (C=O) groups excluding carboxylic acids is 4. The van der Waals surface area contributed by atoms with Gasteiger partial charge < -0.3 is 34.4 Å². The number of nitrogens with one attached hydrogen (secondary N) is 1. The van der Waals surface area contributed by atoms with E-state index in [1.165, 1.54) is 9.80 Å². The number of esters is 1. The molecule has 2 aromatic rings. The van der Waals surface area contributed by atoms with E-state index in [0.29, 0.717) is 24.3 Å². The Bertz CT molecular complexity index is 1520. The van der Waals surface area contributed by atoms with Gasteiger partial charge in [-0.2, -0.15) is 0 Å². The SMILES string of the molecule is C=CCCC(=O)OC[C@H](NC(=O)[C@@H]1[C@H]2O[C@@]3(CC2Br)[C@H](C(=O)N(CC=C)c2ccc(OC)cc2)N([C@H](C)CO)C(=O)[C@@H]13)c1ccccc1. The van der Waals surface area contributed by atoms with Gasteiger partial charge in [0.25, 0.3) is 5.91 Å². The van der Waals surface area contributed by atoms with E-state index in [1.807, 2.05) is 30.3 Å². The number of hydrogen-bond donors (Lipinski definition) is 2. The van der Waals surface area contributed by atoms with E-state index in [9.17, 15) is 24.3 Å². The Morgan fingerprint density at radius 1 is 1.17 bits per heavy atom. The quantitative estimate of drug-likeness (QED) is 0.161. The first-order chi connectivity index (χ1) is 23.1. The summed E-state index contributed by atoms with van der Waals surface area (Å²) in [7, 11) is 1.55. The molecule has 2 aromatic carbocycles. The van der Waals surface area contributed by atoms with E-state index < -0.39 is 72.0 Å². The molecule has 256 valence electrons. The molecular formula is C36H42BrN3O8. The number of rotatable bonds is 15. The molecule has 8 atom stereocenters. The Labute approximate surface area is 289 Å². The molecule has 0 saturated carbocycles. The topological polar surface area (TPSA) is 135 Å². The van der Waals surface area contributed by atoms with E-state index in [0.717, 1.165) is 5.56 Å². The number of hydrogen-bond acceptors (Lipinski definition) is 8. The molecule has 5 rings (SSSR count). The highest BCUT2D eigenvalue weighted by molar-refractivity contribution is 9.09. The molecule has 1 unspecified atom stereocenters. The van der Waals surface area contributed by atoms with Gasteiger partial charge in [0.15, 0.2) is 0 Å². The number of anilines is 1. The number of fused-ring (bicyclic) bond motifs is 1. The van der Waals surface area contributed by atoms with Crippen LogP contribution in [-0.2, 0) is 28.7 Å². The van der Waals surface area contributed by atoms with Crippen LogP contribution in [0.2, 0.25) is 0 Å². The molecule has 0 radical (unpaired) electrons. The van der Waals surface area contributed by atoms with Gasteiger partial charge in [-0.3, -0.25) is 19.2 Å². The molecule has 2 bridgehead atoms. The lowest BCUT2D eigenvalue weighted by Gasteiger charge is -2.38. The zero-order chi connectivity index (χ0) is 34.6. The summed E-state index contributed by atoms with van der Waals surface area (Å²) in [5.74, 6) is -3.06. The van der Waals surface area contributed by atoms with Crippen molar-refractivity contribution in [2.24, 2.45) is 11.8 Å². The standard InChI is InChI=1S/C36H42BrN3O8/c1-5-7-13-28(42)47-21-27(23-11-9-8-10-12-23)38-33(43)29-30-34(44)40(22(3)20-41)32(36(30)19-26(37)31(29)48-36)35(45)39(18-6-2)24-14-16-25(46-4)17-15-24/h5-6,8-12,14-17,22,26-27,29-32,41H,1-2,7,13,18-21H2,3-4H3,(H,38,43)/t22-,26?,27+,29+,30-,31+,32+,36-/m1/s1. The molecular weight excluding hydrogens is 682 g/mol. The smallest absolute Gasteiger partial charge is 0.306 e. The van der Waals surface area contributed by atoms with E-state index in [4.69, 9.17) is 14.2 Å². The van der Waals surface area contributed by atoms with Crippen LogP contribution in [0, 0.1) is 11.8 Å². The van der Waals surface area contributed by atoms with Crippen molar-refractivity contribution < 1.29 is 38.5 Å². The Morgan fingerprint density at radius 3 is 2.50 bits per heavy atom. The van der Waals surface area contributed by atoms with Crippen molar-refractivity contribution in [1.82, 2.24) is 10.2 Å². The summed E-state index contributed by atoms with van der Waals surface area (Å²) in [6, 6.07) is 13.5. The van der Waals surface area contributed by atoms with E-state index in [1.54, 1.807) is 50.5 Å². The van der Waals surface area contributed by atoms with Crippen LogP contribution < -0.4 is 15.0 Å². The second-order valence-corrected chi connectivity index (χ2v) is 13.5. The van der Waals surface area contributed by atoms with Crippen molar-refractivity contribution in [3.63, 3.8) is 0 Å². The zero-order valence-electron chi connectivity index (χ0n) is 27.1. The maximum atomic E-state index is 14.7. The highest BCUT2D eigenvalue weighted by Gasteiger charge is 2.77. The van der Waals surface area contributed by atoms with Crippen molar-refractivity contribution in [3.05, 3.63) is 85.5 Å². The molecule has 12 heteroatoms. The van der Waals surface area contributed by atoms with Gasteiger partial charge >= 0.3 is 5.97 Å². The summed E-state index contributed by atoms with van der Waals surface area (Å²) >= 11 is 3.70. The first-order valence-electron chi connectivity index (χ1n) is 16.0. The summed E-state index contributed by atoms with van der Waals surface area (Å²) < 4.78 is 17.5. The van der Waals surface area contributed by atoms with Crippen LogP contribution in [0.4, 0.5) is 5.69 Å². The second kappa shape index (κ2) is 15.0. The van der Waals surface area contributed by atoms with Gasteiger partial charge in [-0.25, -0.2) is 0 Å². The van der Waals surface area contributed by atoms with Crippen LogP contribution in [0.15, 0.2) is 79.9 Å². The molecule has 1 spiro atoms. The minimum absolute atomic E-state index is 0.112. The number of amides is 3. The predicted molar refractivity (Wildman–Crippen MR) is 182 cm³/mol. The third-order valence-electron chi connectivity index (χ3n) is 9.45. The fourth-order valence-corrected chi connectivity index (χ4v) is 8.16. The van der Waals surface area contributed by atoms with Crippen LogP contribution in [0.3, 0.4) is 0 Å². The Morgan fingerprint density at radius 2 is 1.88 bits per heavy atom. The van der Waals surface area contributed by atoms with Crippen molar-refractivity contribution in [3.8, 4) is 5.75 Å². The first-order valence-corrected chi connectivity index (χ1v) is 17.0. The summed E-state index contributed by atoms with van der Waals surface area (Å²) in [5.41, 5.74) is -0.0587. The van der Waals surface area contributed by atoms with Crippen LogP contribution in [-0.4, -0.2) is 89.2 Å². The number of aliphatic hydroxyl groups excluding tert-OH is 1. The van der Waals surface area contributed by atoms with E-state index >= 15 is 0 Å². The van der Waals surface area contributed by atoms with Gasteiger partial charge in [0, 0.05) is 23.5 Å². The van der Waals surface area contributed by atoms with Crippen LogP contribution in [0.25, 0.3) is 0 Å². The number of carbonyl (C=O) groups is 4. The molecule has 3 amide bonds. The number of likely N-dealkylation sites (tertiary alicyclic amines) is 1. The van der Waals surface area contributed by atoms with Gasteiger partial charge in [-0.1, -0.05) is 58.4 Å². The van der Waals surface area contributed by atoms with Crippen LogP contribution in [0.5, 0.6) is 5.75 Å². The predicted octanol–water partition coefficient (Wildman–Crippen LogP) is 3.71. The number of ether oxygens (including phenoxy) is 3. The van der Waals surface area contributed by atoms with Gasteiger partial charge in [0.05, 0.1) is 43.7 Å². The molecule has 3 saturated heterocycles. The van der Waals surface area contributed by atoms with Gasteiger partial charge in [0.2, 0.25) is 11.8 Å². The molecule has 3 heterocycles. The minimum atomic E-state index is -1.34. The molecule has 0 aliphatic carbocycles. The summed E-state index contributed by atoms with van der Waals surface area (Å²) in [6.45, 7) is 8.78. The number of aliphatic hydroxyl groups is 1. The molecule has 0 aromatic heterocycles. The number of halogens is 1. The highest BCUT2D eigenvalue weighted by Crippen LogP contribution is 2.60. The average Bonchev–Trinajstić information content (AvgIpc) is 3.70. The maximum absolute atomic E-state index is 14.7. The molecule has 3 aliphatic heterocycles. The largest absolute Gasteiger partial charge is 0.497 e. The van der Waals surface area contributed by atoms with Gasteiger partial charge in [-0.05, 0) is 49.6 Å². The van der Waals surface area contributed by atoms with Crippen molar-refractivity contribution >= 4 is 45.3 Å². The van der Waals surface area contributed by atoms with Crippen LogP contribution in [0.1, 0.15) is 37.8 Å². The number of methoxy groups -OCH3 is 1. The fourth-order valence-electron chi connectivity index (χ4n) is 7.21. The van der Waals surface area contributed by atoms with E-state index in [-0.39, 0.29) is 24.4 Å². The second-order valence-electron chi connectivity index (χ2n) is 12.4. The summed E-state index contributed by atoms with van der Waals surface area (Å²) in [4.78, 5) is 58.4. The third-order valence-corrected chi connectivity index (χ3v) is 10.3. The third kappa shape index (κ3) is 6.53. The Kier molecular flexibility index (Phi) is 11.1. The van der Waals surface area contributed by atoms with Crippen molar-refractivity contribution in [2.75, 3.05) is 31.8 Å². The molecule has 48 heavy (non-hydrogen) atoms. The highest BCUT2D eigenvalue weighted by atomic mass is 79.9. The lowest BCUT2D eigenvalue weighted by atomic mass is 9.70. The molecule has 2 N–H and O–H groups in total. The number of benzene rings is 2. The van der Waals surface area contributed by atoms with Gasteiger partial charge in [-0.15, -0.1) is 13.2 Å². The van der Waals surface area contributed by atoms with Gasteiger partial charge in [0.1, 0.15) is 24.0 Å². The number of allylic oxidation sites excluding steroid dienone is 1. The molecule has 3 fully saturated rings. The van der Waals surface area contributed by atoms with Crippen molar-refractivity contribution in [1.29, 1.82) is 0 Å². The maximum Gasteiger partial charge on any atom is 0.306 e. The minimum Gasteiger partial charge on any atom is -0.497 e. The summed E-state index contributed by atoms with van der Waals surface area (Å²) in [6.07, 6.45) is 3.45. The first kappa shape index (κ1) is 35.3. The average molecular weight is 725 g/mol. The molecule has 11 nitrogen and oxygen atoms in total. The Balaban J connectivity index is 1.48. The van der Waals surface area contributed by atoms with E-state index in [2.05, 4.69) is 34.4 Å². The zero-order valence-corrected chi connectivity index (χ0v) is 28.7. The Hall–Kier alpha value is -4.00. The normalized spacial score (nSPS) is 26.7. The number of alkyl halides is 1. The number of nitrogens with zero attached hydrogens (tertiary/aromatic N) is 2. The lowest BCUT2D eigenvalue weighted by molar-refractivity contribution is -0.146. The summed E-state index contributed by atoms with van der Waals surface area (Å²) in [5, 5.41) is 13.3. The van der Waals surface area contributed by atoms with Crippen LogP contribution >= 0.6 is 15.9 Å². The fraction of sp³-hybridized carbons (Fsp3) is 0.444. The lowest BCUT2D eigenvalue weighted by Crippen LogP contribution is -2.59. The monoisotopic (exact) mass is 723 g/mol. The van der Waals surface area contributed by atoms with Crippen molar-refractivity contribution in [2.45, 2.75) is 60.8 Å². The molecule has 3 aliphatic rings.